The van der Waals surface area contributed by atoms with Gasteiger partial charge in [0.2, 0.25) is 0 Å². The zero-order valence-corrected chi connectivity index (χ0v) is 11.2. The van der Waals surface area contributed by atoms with Gasteiger partial charge < -0.3 is 11.1 Å². The number of pyridine rings is 2. The van der Waals surface area contributed by atoms with Gasteiger partial charge in [-0.1, -0.05) is 6.07 Å². The Morgan fingerprint density at radius 1 is 1.43 bits per heavy atom. The van der Waals surface area contributed by atoms with Gasteiger partial charge in [0, 0.05) is 12.3 Å². The van der Waals surface area contributed by atoms with E-state index in [-0.39, 0.29) is 23.1 Å². The maximum absolute atomic E-state index is 12.1. The molecule has 1 amide bonds. The van der Waals surface area contributed by atoms with Crippen molar-refractivity contribution >= 4 is 17.4 Å². The second-order valence-corrected chi connectivity index (χ2v) is 4.33. The number of rotatable bonds is 4. The summed E-state index contributed by atoms with van der Waals surface area (Å²) in [7, 11) is 0. The molecule has 0 aliphatic heterocycles. The molecule has 2 aromatic heterocycles. The fourth-order valence-electron chi connectivity index (χ4n) is 1.73. The average molecular weight is 287 g/mol. The van der Waals surface area contributed by atoms with Crippen LogP contribution in [0.25, 0.3) is 0 Å². The number of nitrogens with zero attached hydrogens (tertiary/aromatic N) is 3. The normalized spacial score (nSPS) is 11.7. The van der Waals surface area contributed by atoms with Crippen LogP contribution in [0.3, 0.4) is 0 Å². The maximum Gasteiger partial charge on any atom is 0.288 e. The van der Waals surface area contributed by atoms with Crippen LogP contribution in [0.1, 0.15) is 29.0 Å². The first kappa shape index (κ1) is 14.4. The second kappa shape index (κ2) is 5.95. The SMILES string of the molecule is CC(NC(=O)c1cc([N+](=O)[O-])cnc1N)c1ccccn1. The van der Waals surface area contributed by atoms with Crippen molar-refractivity contribution in [1.29, 1.82) is 0 Å². The lowest BCUT2D eigenvalue weighted by Crippen LogP contribution is -2.28. The summed E-state index contributed by atoms with van der Waals surface area (Å²) in [6.45, 7) is 1.75. The minimum absolute atomic E-state index is 0.0352. The van der Waals surface area contributed by atoms with E-state index >= 15 is 0 Å². The monoisotopic (exact) mass is 287 g/mol. The number of nitrogens with one attached hydrogen (secondary N) is 1. The summed E-state index contributed by atoms with van der Waals surface area (Å²) in [6, 6.07) is 6.06. The van der Waals surface area contributed by atoms with Crippen molar-refractivity contribution in [3.8, 4) is 0 Å². The number of hydrogen-bond donors (Lipinski definition) is 2. The molecule has 1 atom stereocenters. The Hall–Kier alpha value is -3.03. The highest BCUT2D eigenvalue weighted by atomic mass is 16.6. The van der Waals surface area contributed by atoms with Crippen molar-refractivity contribution in [2.24, 2.45) is 0 Å². The molecule has 0 saturated carbocycles. The van der Waals surface area contributed by atoms with E-state index in [2.05, 4.69) is 15.3 Å². The number of nitro groups is 1. The highest BCUT2D eigenvalue weighted by Gasteiger charge is 2.18. The van der Waals surface area contributed by atoms with Crippen molar-refractivity contribution in [2.75, 3.05) is 5.73 Å². The van der Waals surface area contributed by atoms with E-state index in [1.165, 1.54) is 0 Å². The lowest BCUT2D eigenvalue weighted by molar-refractivity contribution is -0.385. The standard InChI is InChI=1S/C13H13N5O3/c1-8(11-4-2-3-5-15-11)17-13(19)10-6-9(18(20)21)7-16-12(10)14/h2-8H,1H3,(H2,14,16)(H,17,19). The Morgan fingerprint density at radius 2 is 2.19 bits per heavy atom. The third-order valence-electron chi connectivity index (χ3n) is 2.84. The summed E-state index contributed by atoms with van der Waals surface area (Å²) in [5, 5.41) is 13.4. The summed E-state index contributed by atoms with van der Waals surface area (Å²) in [5.74, 6) is -0.604. The van der Waals surface area contributed by atoms with E-state index < -0.39 is 10.8 Å². The molecule has 0 aliphatic carbocycles. The van der Waals surface area contributed by atoms with Crippen LogP contribution < -0.4 is 11.1 Å². The highest BCUT2D eigenvalue weighted by molar-refractivity contribution is 5.99. The van der Waals surface area contributed by atoms with E-state index in [9.17, 15) is 14.9 Å². The summed E-state index contributed by atoms with van der Waals surface area (Å²) in [6.07, 6.45) is 2.62. The number of hydrogen-bond acceptors (Lipinski definition) is 6. The first-order chi connectivity index (χ1) is 9.99. The van der Waals surface area contributed by atoms with E-state index in [1.807, 2.05) is 0 Å². The topological polar surface area (TPSA) is 124 Å². The number of nitrogen functional groups attached to an aromatic ring is 1. The highest BCUT2D eigenvalue weighted by Crippen LogP contribution is 2.18. The lowest BCUT2D eigenvalue weighted by Gasteiger charge is -2.13. The first-order valence-corrected chi connectivity index (χ1v) is 6.10. The van der Waals surface area contributed by atoms with E-state index in [0.717, 1.165) is 12.3 Å². The van der Waals surface area contributed by atoms with E-state index in [4.69, 9.17) is 5.73 Å². The molecular formula is C13H13N5O3. The first-order valence-electron chi connectivity index (χ1n) is 6.10. The second-order valence-electron chi connectivity index (χ2n) is 4.33. The van der Waals surface area contributed by atoms with Gasteiger partial charge >= 0.3 is 0 Å². The fraction of sp³-hybridized carbons (Fsp3) is 0.154. The van der Waals surface area contributed by atoms with Gasteiger partial charge in [0.25, 0.3) is 11.6 Å². The molecule has 0 aliphatic rings. The van der Waals surface area contributed by atoms with Crippen LogP contribution in [-0.2, 0) is 0 Å². The molecule has 8 nitrogen and oxygen atoms in total. The molecule has 108 valence electrons. The van der Waals surface area contributed by atoms with Crippen molar-refractivity contribution in [2.45, 2.75) is 13.0 Å². The Kier molecular flexibility index (Phi) is 4.07. The van der Waals surface area contributed by atoms with Gasteiger partial charge in [-0.25, -0.2) is 4.98 Å². The molecule has 1 unspecified atom stereocenters. The van der Waals surface area contributed by atoms with Crippen LogP contribution in [0.2, 0.25) is 0 Å². The van der Waals surface area contributed by atoms with Crippen molar-refractivity contribution in [3.05, 3.63) is 58.0 Å². The molecule has 0 spiro atoms. The number of carbonyl (C=O) groups is 1. The molecule has 0 bridgehead atoms. The molecule has 8 heteroatoms. The largest absolute Gasteiger partial charge is 0.383 e. The molecule has 2 rings (SSSR count). The third-order valence-corrected chi connectivity index (χ3v) is 2.84. The Balaban J connectivity index is 2.21. The van der Waals surface area contributed by atoms with Crippen LogP contribution in [0.5, 0.6) is 0 Å². The number of aromatic nitrogens is 2. The van der Waals surface area contributed by atoms with E-state index in [0.29, 0.717) is 5.69 Å². The molecule has 2 heterocycles. The molecule has 21 heavy (non-hydrogen) atoms. The van der Waals surface area contributed by atoms with Gasteiger partial charge in [0.1, 0.15) is 12.0 Å². The van der Waals surface area contributed by atoms with Gasteiger partial charge in [0.15, 0.2) is 0 Å². The molecule has 0 fully saturated rings. The zero-order valence-electron chi connectivity index (χ0n) is 11.2. The molecule has 0 radical (unpaired) electrons. The van der Waals surface area contributed by atoms with E-state index in [1.54, 1.807) is 31.3 Å². The van der Waals surface area contributed by atoms with Gasteiger partial charge in [-0.2, -0.15) is 0 Å². The number of amides is 1. The van der Waals surface area contributed by atoms with Gasteiger partial charge in [0.05, 0.1) is 22.2 Å². The van der Waals surface area contributed by atoms with Gasteiger partial charge in [-0.05, 0) is 19.1 Å². The smallest absolute Gasteiger partial charge is 0.288 e. The van der Waals surface area contributed by atoms with Gasteiger partial charge in [-0.3, -0.25) is 19.9 Å². The summed E-state index contributed by atoms with van der Waals surface area (Å²) >= 11 is 0. The molecular weight excluding hydrogens is 274 g/mol. The molecule has 0 aromatic carbocycles. The Labute approximate surface area is 120 Å². The molecule has 0 saturated heterocycles. The quantitative estimate of drug-likeness (QED) is 0.648. The predicted molar refractivity (Wildman–Crippen MR) is 75.4 cm³/mol. The molecule has 3 N–H and O–H groups in total. The van der Waals surface area contributed by atoms with Crippen LogP contribution in [-0.4, -0.2) is 20.8 Å². The number of carbonyl (C=O) groups excluding carboxylic acids is 1. The number of nitrogens with two attached hydrogens (primary N) is 1. The predicted octanol–water partition coefficient (Wildman–Crippen LogP) is 1.46. The zero-order chi connectivity index (χ0) is 15.4. The van der Waals surface area contributed by atoms with Crippen LogP contribution in [0, 0.1) is 10.1 Å². The fourth-order valence-corrected chi connectivity index (χ4v) is 1.73. The summed E-state index contributed by atoms with van der Waals surface area (Å²) in [5.41, 5.74) is 5.94. The van der Waals surface area contributed by atoms with Gasteiger partial charge in [-0.15, -0.1) is 0 Å². The summed E-state index contributed by atoms with van der Waals surface area (Å²) in [4.78, 5) is 30.0. The van der Waals surface area contributed by atoms with Crippen molar-refractivity contribution in [3.63, 3.8) is 0 Å². The minimum Gasteiger partial charge on any atom is -0.383 e. The lowest BCUT2D eigenvalue weighted by atomic mass is 10.1. The van der Waals surface area contributed by atoms with Crippen molar-refractivity contribution in [1.82, 2.24) is 15.3 Å². The maximum atomic E-state index is 12.1. The third kappa shape index (κ3) is 3.30. The van der Waals surface area contributed by atoms with Crippen LogP contribution in [0.15, 0.2) is 36.7 Å². The number of anilines is 1. The summed E-state index contributed by atoms with van der Waals surface area (Å²) < 4.78 is 0. The van der Waals surface area contributed by atoms with Crippen molar-refractivity contribution < 1.29 is 9.72 Å². The van der Waals surface area contributed by atoms with Crippen LogP contribution >= 0.6 is 0 Å². The Bertz CT molecular complexity index is 675. The average Bonchev–Trinajstić information content (AvgIpc) is 2.48. The molecule has 2 aromatic rings. The Morgan fingerprint density at radius 3 is 2.81 bits per heavy atom. The van der Waals surface area contributed by atoms with Crippen LogP contribution in [0.4, 0.5) is 11.5 Å². The minimum atomic E-state index is -0.634.